The molecular formula is C14H15N3O3S. The van der Waals surface area contributed by atoms with E-state index in [-0.39, 0.29) is 18.7 Å². The molecule has 0 aliphatic rings. The van der Waals surface area contributed by atoms with E-state index in [4.69, 9.17) is 5.11 Å². The van der Waals surface area contributed by atoms with Gasteiger partial charge in [0.1, 0.15) is 5.01 Å². The third-order valence-electron chi connectivity index (χ3n) is 2.71. The van der Waals surface area contributed by atoms with E-state index in [2.05, 4.69) is 15.3 Å². The van der Waals surface area contributed by atoms with Gasteiger partial charge in [0.05, 0.1) is 12.1 Å². The minimum absolute atomic E-state index is 0.0587. The van der Waals surface area contributed by atoms with Gasteiger partial charge in [-0.1, -0.05) is 0 Å². The van der Waals surface area contributed by atoms with Crippen molar-refractivity contribution in [1.82, 2.24) is 15.3 Å². The Morgan fingerprint density at radius 2 is 2.05 bits per heavy atom. The van der Waals surface area contributed by atoms with Gasteiger partial charge in [0.2, 0.25) is 5.91 Å². The molecule has 0 aliphatic carbocycles. The Morgan fingerprint density at radius 3 is 2.76 bits per heavy atom. The number of aliphatic carboxylic acids is 1. The first-order chi connectivity index (χ1) is 10.1. The zero-order valence-corrected chi connectivity index (χ0v) is 12.1. The van der Waals surface area contributed by atoms with E-state index in [1.807, 2.05) is 17.5 Å². The molecule has 0 radical (unpaired) electrons. The lowest BCUT2D eigenvalue weighted by atomic mass is 10.2. The van der Waals surface area contributed by atoms with Gasteiger partial charge in [-0.15, -0.1) is 11.3 Å². The van der Waals surface area contributed by atoms with E-state index >= 15 is 0 Å². The van der Waals surface area contributed by atoms with Crippen LogP contribution in [0.1, 0.15) is 18.5 Å². The highest BCUT2D eigenvalue weighted by atomic mass is 32.1. The minimum atomic E-state index is -0.856. The summed E-state index contributed by atoms with van der Waals surface area (Å²) in [5.41, 5.74) is 1.69. The van der Waals surface area contributed by atoms with Crippen molar-refractivity contribution in [3.8, 4) is 10.6 Å². The Labute approximate surface area is 125 Å². The van der Waals surface area contributed by atoms with Gasteiger partial charge in [-0.2, -0.15) is 0 Å². The van der Waals surface area contributed by atoms with E-state index in [0.717, 1.165) is 10.6 Å². The van der Waals surface area contributed by atoms with Gasteiger partial charge in [0, 0.05) is 36.3 Å². The van der Waals surface area contributed by atoms with E-state index < -0.39 is 5.97 Å². The molecule has 0 unspecified atom stereocenters. The van der Waals surface area contributed by atoms with Gasteiger partial charge < -0.3 is 10.4 Å². The van der Waals surface area contributed by atoms with E-state index in [0.29, 0.717) is 18.7 Å². The second kappa shape index (κ2) is 7.49. The molecule has 2 aromatic rings. The van der Waals surface area contributed by atoms with Gasteiger partial charge in [0.25, 0.3) is 0 Å². The van der Waals surface area contributed by atoms with Crippen LogP contribution in [0.25, 0.3) is 10.6 Å². The minimum Gasteiger partial charge on any atom is -0.481 e. The van der Waals surface area contributed by atoms with Gasteiger partial charge in [-0.25, -0.2) is 4.98 Å². The molecular weight excluding hydrogens is 290 g/mol. The van der Waals surface area contributed by atoms with Crippen molar-refractivity contribution in [2.45, 2.75) is 19.3 Å². The number of rotatable bonds is 7. The predicted molar refractivity (Wildman–Crippen MR) is 78.9 cm³/mol. The first kappa shape index (κ1) is 15.1. The van der Waals surface area contributed by atoms with Crippen LogP contribution in [-0.2, 0) is 16.0 Å². The number of nitrogens with zero attached hydrogens (tertiary/aromatic N) is 2. The normalized spacial score (nSPS) is 10.3. The highest BCUT2D eigenvalue weighted by molar-refractivity contribution is 7.13. The monoisotopic (exact) mass is 305 g/mol. The number of pyridine rings is 1. The third kappa shape index (κ3) is 4.96. The first-order valence-electron chi connectivity index (χ1n) is 6.48. The number of hydrogen-bond acceptors (Lipinski definition) is 5. The molecule has 0 spiro atoms. The fraction of sp³-hybridized carbons (Fsp3) is 0.286. The number of carboxylic acids is 1. The third-order valence-corrected chi connectivity index (χ3v) is 3.65. The molecule has 2 heterocycles. The Morgan fingerprint density at radius 1 is 1.29 bits per heavy atom. The molecule has 6 nitrogen and oxygen atoms in total. The SMILES string of the molecule is O=C(O)CCCNC(=O)Cc1csc(-c2ccncc2)n1. The van der Waals surface area contributed by atoms with Crippen LogP contribution in [-0.4, -0.2) is 33.5 Å². The summed E-state index contributed by atoms with van der Waals surface area (Å²) in [6.07, 6.45) is 4.09. The van der Waals surface area contributed by atoms with Crippen molar-refractivity contribution in [3.63, 3.8) is 0 Å². The molecule has 0 fully saturated rings. The van der Waals surface area contributed by atoms with Gasteiger partial charge in [-0.3, -0.25) is 14.6 Å². The lowest BCUT2D eigenvalue weighted by Gasteiger charge is -2.02. The summed E-state index contributed by atoms with van der Waals surface area (Å²) in [6.45, 7) is 0.368. The molecule has 0 aromatic carbocycles. The number of hydrogen-bond donors (Lipinski definition) is 2. The highest BCUT2D eigenvalue weighted by Gasteiger charge is 2.08. The summed E-state index contributed by atoms with van der Waals surface area (Å²) in [5, 5.41) is 13.9. The van der Waals surface area contributed by atoms with Crippen molar-refractivity contribution >= 4 is 23.2 Å². The number of thiazole rings is 1. The summed E-state index contributed by atoms with van der Waals surface area (Å²) in [5.74, 6) is -1.00. The van der Waals surface area contributed by atoms with Crippen molar-refractivity contribution < 1.29 is 14.7 Å². The molecule has 0 bridgehead atoms. The predicted octanol–water partition coefficient (Wildman–Crippen LogP) is 1.73. The Kier molecular flexibility index (Phi) is 5.39. The van der Waals surface area contributed by atoms with E-state index in [1.165, 1.54) is 11.3 Å². The smallest absolute Gasteiger partial charge is 0.303 e. The topological polar surface area (TPSA) is 92.2 Å². The highest BCUT2D eigenvalue weighted by Crippen LogP contribution is 2.22. The van der Waals surface area contributed by atoms with Crippen molar-refractivity contribution in [2.24, 2.45) is 0 Å². The fourth-order valence-electron chi connectivity index (χ4n) is 1.71. The number of carboxylic acid groups (broad SMARTS) is 1. The maximum absolute atomic E-state index is 11.7. The number of carbonyl (C=O) groups excluding carboxylic acids is 1. The quantitative estimate of drug-likeness (QED) is 0.760. The first-order valence-corrected chi connectivity index (χ1v) is 7.36. The summed E-state index contributed by atoms with van der Waals surface area (Å²) in [6, 6.07) is 3.74. The molecule has 21 heavy (non-hydrogen) atoms. The maximum Gasteiger partial charge on any atom is 0.303 e. The molecule has 110 valence electrons. The maximum atomic E-state index is 11.7. The summed E-state index contributed by atoms with van der Waals surface area (Å²) in [7, 11) is 0. The van der Waals surface area contributed by atoms with Crippen LogP contribution in [0.2, 0.25) is 0 Å². The number of aromatic nitrogens is 2. The molecule has 0 atom stereocenters. The fourth-order valence-corrected chi connectivity index (χ4v) is 2.54. The summed E-state index contributed by atoms with van der Waals surface area (Å²) in [4.78, 5) is 30.4. The van der Waals surface area contributed by atoms with Crippen LogP contribution in [0.3, 0.4) is 0 Å². The summed E-state index contributed by atoms with van der Waals surface area (Å²) >= 11 is 1.48. The number of amides is 1. The van der Waals surface area contributed by atoms with Gasteiger partial charge in [0.15, 0.2) is 0 Å². The molecule has 1 amide bonds. The van der Waals surface area contributed by atoms with E-state index in [1.54, 1.807) is 12.4 Å². The van der Waals surface area contributed by atoms with Crippen LogP contribution in [0, 0.1) is 0 Å². The number of carbonyl (C=O) groups is 2. The van der Waals surface area contributed by atoms with Crippen LogP contribution >= 0.6 is 11.3 Å². The molecule has 2 N–H and O–H groups in total. The zero-order chi connectivity index (χ0) is 15.1. The Balaban J connectivity index is 1.82. The molecule has 0 saturated carbocycles. The second-order valence-electron chi connectivity index (χ2n) is 4.40. The lowest BCUT2D eigenvalue weighted by molar-refractivity contribution is -0.137. The van der Waals surface area contributed by atoms with Gasteiger partial charge in [-0.05, 0) is 18.6 Å². The van der Waals surface area contributed by atoms with E-state index in [9.17, 15) is 9.59 Å². The summed E-state index contributed by atoms with van der Waals surface area (Å²) < 4.78 is 0. The van der Waals surface area contributed by atoms with Crippen LogP contribution in [0.5, 0.6) is 0 Å². The largest absolute Gasteiger partial charge is 0.481 e. The van der Waals surface area contributed by atoms with Crippen molar-refractivity contribution in [1.29, 1.82) is 0 Å². The molecule has 0 aliphatic heterocycles. The zero-order valence-electron chi connectivity index (χ0n) is 11.3. The standard InChI is InChI=1S/C14H15N3O3S/c18-12(16-5-1-2-13(19)20)8-11-9-21-14(17-11)10-3-6-15-7-4-10/h3-4,6-7,9H,1-2,5,8H2,(H,16,18)(H,19,20). The Hall–Kier alpha value is -2.28. The molecule has 0 saturated heterocycles. The number of nitrogens with one attached hydrogen (secondary N) is 1. The van der Waals surface area contributed by atoms with Gasteiger partial charge >= 0.3 is 5.97 Å². The lowest BCUT2D eigenvalue weighted by Crippen LogP contribution is -2.26. The molecule has 2 rings (SSSR count). The van der Waals surface area contributed by atoms with Crippen molar-refractivity contribution in [2.75, 3.05) is 6.54 Å². The van der Waals surface area contributed by atoms with Crippen LogP contribution in [0.15, 0.2) is 29.9 Å². The van der Waals surface area contributed by atoms with Crippen molar-refractivity contribution in [3.05, 3.63) is 35.6 Å². The van der Waals surface area contributed by atoms with Crippen LogP contribution in [0.4, 0.5) is 0 Å². The average Bonchev–Trinajstić information content (AvgIpc) is 2.93. The molecule has 2 aromatic heterocycles. The van der Waals surface area contributed by atoms with Crippen LogP contribution < -0.4 is 5.32 Å². The second-order valence-corrected chi connectivity index (χ2v) is 5.26. The Bertz CT molecular complexity index is 613. The average molecular weight is 305 g/mol. The molecule has 7 heteroatoms.